The number of nitrogens with zero attached hydrogens (tertiary/aromatic N) is 4. The number of aromatic nitrogens is 3. The van der Waals surface area contributed by atoms with Gasteiger partial charge in [-0.25, -0.2) is 9.47 Å². The van der Waals surface area contributed by atoms with Gasteiger partial charge >= 0.3 is 5.97 Å². The Labute approximate surface area is 148 Å². The second-order valence-electron chi connectivity index (χ2n) is 5.12. The van der Waals surface area contributed by atoms with Crippen molar-refractivity contribution in [2.75, 3.05) is 6.61 Å². The van der Waals surface area contributed by atoms with E-state index in [9.17, 15) is 4.79 Å². The number of esters is 1. The van der Waals surface area contributed by atoms with E-state index in [1.165, 1.54) is 17.3 Å². The van der Waals surface area contributed by atoms with Crippen molar-refractivity contribution >= 4 is 23.8 Å². The van der Waals surface area contributed by atoms with Gasteiger partial charge in [-0.15, -0.1) is 10.2 Å². The fourth-order valence-electron chi connectivity index (χ4n) is 2.06. The van der Waals surface area contributed by atoms with Crippen LogP contribution in [0, 0.1) is 0 Å². The molecule has 1 aromatic carbocycles. The predicted molar refractivity (Wildman–Crippen MR) is 92.7 cm³/mol. The fourth-order valence-corrected chi connectivity index (χ4v) is 2.26. The highest BCUT2D eigenvalue weighted by Crippen LogP contribution is 2.27. The SMILES string of the molecule is CCCOC(=O)c1cc(-c2ccc(C=Nn3cnnc3)o2)ccc1Cl. The molecule has 0 spiro atoms. The number of ether oxygens (including phenoxy) is 1. The second-order valence-corrected chi connectivity index (χ2v) is 5.53. The molecule has 25 heavy (non-hydrogen) atoms. The third-order valence-electron chi connectivity index (χ3n) is 3.26. The first kappa shape index (κ1) is 16.9. The lowest BCUT2D eigenvalue weighted by molar-refractivity contribution is 0.0505. The normalized spacial score (nSPS) is 11.1. The Kier molecular flexibility index (Phi) is 5.25. The molecule has 3 rings (SSSR count). The van der Waals surface area contributed by atoms with Gasteiger partial charge < -0.3 is 9.15 Å². The standard InChI is InChI=1S/C17H15ClN4O3/c1-2-7-24-17(23)14-8-12(3-5-15(14)18)16-6-4-13(25-16)9-21-22-10-19-20-11-22/h3-6,8-11H,2,7H2,1H3. The van der Waals surface area contributed by atoms with E-state index in [0.29, 0.717) is 28.7 Å². The highest BCUT2D eigenvalue weighted by molar-refractivity contribution is 6.33. The zero-order valence-electron chi connectivity index (χ0n) is 13.4. The molecule has 8 heteroatoms. The van der Waals surface area contributed by atoms with Crippen LogP contribution in [0.4, 0.5) is 0 Å². The molecule has 0 N–H and O–H groups in total. The lowest BCUT2D eigenvalue weighted by atomic mass is 10.1. The number of carbonyl (C=O) groups excluding carboxylic acids is 1. The van der Waals surface area contributed by atoms with Crippen molar-refractivity contribution in [2.24, 2.45) is 5.10 Å². The van der Waals surface area contributed by atoms with Gasteiger partial charge in [-0.2, -0.15) is 5.10 Å². The van der Waals surface area contributed by atoms with Gasteiger partial charge in [-0.3, -0.25) is 0 Å². The van der Waals surface area contributed by atoms with Gasteiger partial charge in [0.25, 0.3) is 0 Å². The number of halogens is 1. The Bertz CT molecular complexity index is 887. The van der Waals surface area contributed by atoms with E-state index in [0.717, 1.165) is 12.0 Å². The molecule has 0 unspecified atom stereocenters. The third-order valence-corrected chi connectivity index (χ3v) is 3.59. The van der Waals surface area contributed by atoms with E-state index in [-0.39, 0.29) is 0 Å². The third kappa shape index (κ3) is 4.13. The summed E-state index contributed by atoms with van der Waals surface area (Å²) < 4.78 is 12.3. The first-order valence-corrected chi connectivity index (χ1v) is 8.01. The van der Waals surface area contributed by atoms with Crippen LogP contribution >= 0.6 is 11.6 Å². The summed E-state index contributed by atoms with van der Waals surface area (Å²) in [5.74, 6) is 0.690. The van der Waals surface area contributed by atoms with Crippen LogP contribution in [0.1, 0.15) is 29.5 Å². The molecule has 3 aromatic rings. The van der Waals surface area contributed by atoms with Crippen LogP contribution in [0.25, 0.3) is 11.3 Å². The van der Waals surface area contributed by atoms with E-state index in [1.54, 1.807) is 36.5 Å². The monoisotopic (exact) mass is 358 g/mol. The minimum atomic E-state index is -0.449. The molecule has 0 aliphatic heterocycles. The van der Waals surface area contributed by atoms with E-state index in [1.807, 2.05) is 6.92 Å². The van der Waals surface area contributed by atoms with Crippen LogP contribution in [0.2, 0.25) is 5.02 Å². The Morgan fingerprint density at radius 3 is 2.88 bits per heavy atom. The highest BCUT2D eigenvalue weighted by atomic mass is 35.5. The molecule has 0 amide bonds. The number of carbonyl (C=O) groups is 1. The van der Waals surface area contributed by atoms with Gasteiger partial charge in [0.15, 0.2) is 0 Å². The molecule has 0 bridgehead atoms. The van der Waals surface area contributed by atoms with Crippen molar-refractivity contribution in [3.8, 4) is 11.3 Å². The van der Waals surface area contributed by atoms with E-state index in [4.69, 9.17) is 20.8 Å². The van der Waals surface area contributed by atoms with Crippen LogP contribution in [0.5, 0.6) is 0 Å². The molecule has 2 heterocycles. The van der Waals surface area contributed by atoms with Crippen molar-refractivity contribution in [2.45, 2.75) is 13.3 Å². The van der Waals surface area contributed by atoms with Crippen molar-refractivity contribution in [3.63, 3.8) is 0 Å². The average Bonchev–Trinajstić information content (AvgIpc) is 3.30. The number of hydrogen-bond donors (Lipinski definition) is 0. The maximum atomic E-state index is 12.1. The summed E-state index contributed by atoms with van der Waals surface area (Å²) in [6.07, 6.45) is 5.22. The Morgan fingerprint density at radius 2 is 2.12 bits per heavy atom. The summed E-state index contributed by atoms with van der Waals surface area (Å²) >= 11 is 6.10. The molecule has 0 aliphatic rings. The topological polar surface area (TPSA) is 82.5 Å². The first-order chi connectivity index (χ1) is 12.2. The van der Waals surface area contributed by atoms with Crippen LogP contribution in [0.15, 0.2) is 52.5 Å². The van der Waals surface area contributed by atoms with Crippen LogP contribution in [-0.4, -0.2) is 33.7 Å². The van der Waals surface area contributed by atoms with Crippen molar-refractivity contribution in [1.82, 2.24) is 14.9 Å². The predicted octanol–water partition coefficient (Wildman–Crippen LogP) is 3.64. The average molecular weight is 359 g/mol. The Balaban J connectivity index is 1.81. The zero-order valence-corrected chi connectivity index (χ0v) is 14.2. The molecule has 0 atom stereocenters. The van der Waals surface area contributed by atoms with Gasteiger partial charge in [0.1, 0.15) is 24.2 Å². The Hall–Kier alpha value is -2.93. The number of rotatable bonds is 6. The first-order valence-electron chi connectivity index (χ1n) is 7.63. The largest absolute Gasteiger partial charge is 0.462 e. The van der Waals surface area contributed by atoms with E-state index >= 15 is 0 Å². The summed E-state index contributed by atoms with van der Waals surface area (Å²) in [7, 11) is 0. The van der Waals surface area contributed by atoms with E-state index < -0.39 is 5.97 Å². The maximum absolute atomic E-state index is 12.1. The molecule has 7 nitrogen and oxygen atoms in total. The van der Waals surface area contributed by atoms with Crippen LogP contribution in [0.3, 0.4) is 0 Å². The molecule has 0 aliphatic carbocycles. The van der Waals surface area contributed by atoms with Gasteiger partial charge in [-0.1, -0.05) is 18.5 Å². The Morgan fingerprint density at radius 1 is 1.32 bits per heavy atom. The van der Waals surface area contributed by atoms with Crippen molar-refractivity contribution in [1.29, 1.82) is 0 Å². The summed E-state index contributed by atoms with van der Waals surface area (Å²) in [6.45, 7) is 2.28. The van der Waals surface area contributed by atoms with Gasteiger partial charge in [0.05, 0.1) is 23.4 Å². The molecule has 128 valence electrons. The molecular weight excluding hydrogens is 344 g/mol. The molecule has 0 fully saturated rings. The quantitative estimate of drug-likeness (QED) is 0.496. The van der Waals surface area contributed by atoms with E-state index in [2.05, 4.69) is 15.3 Å². The molecule has 0 saturated heterocycles. The minimum absolute atomic E-state index is 0.309. The fraction of sp³-hybridized carbons (Fsp3) is 0.176. The van der Waals surface area contributed by atoms with Gasteiger partial charge in [-0.05, 0) is 36.8 Å². The minimum Gasteiger partial charge on any atom is -0.462 e. The maximum Gasteiger partial charge on any atom is 0.339 e. The highest BCUT2D eigenvalue weighted by Gasteiger charge is 2.14. The number of benzene rings is 1. The molecule has 2 aromatic heterocycles. The van der Waals surface area contributed by atoms with Crippen LogP contribution in [-0.2, 0) is 4.74 Å². The van der Waals surface area contributed by atoms with Gasteiger partial charge in [0.2, 0.25) is 0 Å². The molecule has 0 saturated carbocycles. The van der Waals surface area contributed by atoms with Gasteiger partial charge in [0, 0.05) is 5.56 Å². The summed E-state index contributed by atoms with van der Waals surface area (Å²) in [5.41, 5.74) is 1.03. The molecule has 0 radical (unpaired) electrons. The summed E-state index contributed by atoms with van der Waals surface area (Å²) in [5, 5.41) is 11.8. The molecular formula is C17H15ClN4O3. The smallest absolute Gasteiger partial charge is 0.339 e. The zero-order chi connectivity index (χ0) is 17.6. The summed E-state index contributed by atoms with van der Waals surface area (Å²) in [6, 6.07) is 8.63. The van der Waals surface area contributed by atoms with Crippen molar-refractivity contribution in [3.05, 3.63) is 59.3 Å². The lowest BCUT2D eigenvalue weighted by Gasteiger charge is -2.06. The number of hydrogen-bond acceptors (Lipinski definition) is 6. The second kappa shape index (κ2) is 7.76. The van der Waals surface area contributed by atoms with Crippen molar-refractivity contribution < 1.29 is 13.9 Å². The lowest BCUT2D eigenvalue weighted by Crippen LogP contribution is -2.06. The summed E-state index contributed by atoms with van der Waals surface area (Å²) in [4.78, 5) is 12.1. The van der Waals surface area contributed by atoms with Crippen LogP contribution < -0.4 is 0 Å². The number of furan rings is 1.